The minimum absolute atomic E-state index is 0.00968. The van der Waals surface area contributed by atoms with Gasteiger partial charge in [0.25, 0.3) is 0 Å². The van der Waals surface area contributed by atoms with E-state index in [-0.39, 0.29) is 19.1 Å². The van der Waals surface area contributed by atoms with Gasteiger partial charge in [-0.1, -0.05) is 49.2 Å². The number of hydrogen-bond donors (Lipinski definition) is 2. The second kappa shape index (κ2) is 10.7. The number of rotatable bonds is 10. The van der Waals surface area contributed by atoms with E-state index in [4.69, 9.17) is 44.3 Å². The third kappa shape index (κ3) is 6.37. The Morgan fingerprint density at radius 3 is 2.00 bits per heavy atom. The van der Waals surface area contributed by atoms with E-state index in [1.807, 2.05) is 26.0 Å². The van der Waals surface area contributed by atoms with E-state index in [0.717, 1.165) is 11.1 Å². The number of aliphatic hydroxyl groups excluding tert-OH is 2. The number of halogens is 4. The van der Waals surface area contributed by atoms with Gasteiger partial charge in [0.1, 0.15) is 37.8 Å². The van der Waals surface area contributed by atoms with Gasteiger partial charge < -0.3 is 19.7 Å². The summed E-state index contributed by atoms with van der Waals surface area (Å²) in [7, 11) is 0. The van der Waals surface area contributed by atoms with Gasteiger partial charge in [-0.15, -0.1) is 11.6 Å². The van der Waals surface area contributed by atoms with Gasteiger partial charge in [0.2, 0.25) is 0 Å². The third-order valence-electron chi connectivity index (χ3n) is 4.51. The van der Waals surface area contributed by atoms with Crippen LogP contribution in [0.5, 0.6) is 11.5 Å². The fraction of sp³-hybridized carbons (Fsp3) is 0.429. The zero-order chi connectivity index (χ0) is 21.6. The summed E-state index contributed by atoms with van der Waals surface area (Å²) in [5, 5.41) is 19.5. The fourth-order valence-electron chi connectivity index (χ4n) is 2.65. The number of alkyl halides is 2. The van der Waals surface area contributed by atoms with Crippen LogP contribution in [0.2, 0.25) is 10.0 Å². The average molecular weight is 466 g/mol. The Morgan fingerprint density at radius 1 is 0.931 bits per heavy atom. The minimum atomic E-state index is -1.14. The van der Waals surface area contributed by atoms with E-state index in [2.05, 4.69) is 0 Å². The van der Waals surface area contributed by atoms with E-state index < -0.39 is 24.3 Å². The molecule has 0 aromatic heterocycles. The van der Waals surface area contributed by atoms with Gasteiger partial charge in [-0.25, -0.2) is 4.39 Å². The molecule has 8 heteroatoms. The molecule has 2 aromatic rings. The summed E-state index contributed by atoms with van der Waals surface area (Å²) in [5.41, 5.74) is 1.42. The normalized spacial score (nSPS) is 13.8. The van der Waals surface area contributed by atoms with Crippen LogP contribution in [-0.4, -0.2) is 48.2 Å². The monoisotopic (exact) mass is 464 g/mol. The van der Waals surface area contributed by atoms with Crippen molar-refractivity contribution in [2.75, 3.05) is 25.8 Å². The molecule has 0 heterocycles. The molecule has 0 saturated heterocycles. The molecule has 2 N–H and O–H groups in total. The highest BCUT2D eigenvalue weighted by molar-refractivity contribution is 6.37. The molecule has 0 saturated carbocycles. The summed E-state index contributed by atoms with van der Waals surface area (Å²) in [6.07, 6.45) is -1.95. The van der Waals surface area contributed by atoms with Gasteiger partial charge in [-0.3, -0.25) is 0 Å². The highest BCUT2D eigenvalue weighted by Crippen LogP contribution is 2.40. The van der Waals surface area contributed by atoms with Crippen molar-refractivity contribution in [3.63, 3.8) is 0 Å². The molecule has 0 amide bonds. The molecule has 2 atom stereocenters. The molecular formula is C21H24Cl3FO4. The number of aliphatic hydroxyl groups is 2. The molecule has 0 bridgehead atoms. The Bertz CT molecular complexity index is 776. The predicted octanol–water partition coefficient (Wildman–Crippen LogP) is 5.01. The van der Waals surface area contributed by atoms with Crippen LogP contribution in [0.4, 0.5) is 4.39 Å². The molecule has 2 aromatic carbocycles. The van der Waals surface area contributed by atoms with Crippen LogP contribution in [-0.2, 0) is 5.41 Å². The topological polar surface area (TPSA) is 58.9 Å². The summed E-state index contributed by atoms with van der Waals surface area (Å²) in [4.78, 5) is 0. The Labute approximate surface area is 185 Å². The number of benzene rings is 2. The Kier molecular flexibility index (Phi) is 8.86. The van der Waals surface area contributed by atoms with Crippen molar-refractivity contribution in [3.05, 3.63) is 57.6 Å². The standard InChI is InChI=1S/C21H24Cl3FO4/c1-21(2,13-3-5-17(6-4-13)28-12-16(27)10-25)14-7-18(23)20(19(24)8-14)29-11-15(26)9-22/h3-8,15-16,26-27H,9-12H2,1-2H3/t15-,16+/m1/s1. The summed E-state index contributed by atoms with van der Waals surface area (Å²) in [6, 6.07) is 10.8. The molecule has 0 aliphatic carbocycles. The number of ether oxygens (including phenoxy) is 2. The lowest BCUT2D eigenvalue weighted by molar-refractivity contribution is 0.0842. The lowest BCUT2D eigenvalue weighted by Crippen LogP contribution is -2.21. The first-order valence-electron chi connectivity index (χ1n) is 9.02. The van der Waals surface area contributed by atoms with Gasteiger partial charge in [-0.2, -0.15) is 0 Å². The van der Waals surface area contributed by atoms with Gasteiger partial charge >= 0.3 is 0 Å². The maximum absolute atomic E-state index is 12.3. The Hall–Kier alpha value is -1.24. The smallest absolute Gasteiger partial charge is 0.156 e. The molecule has 0 radical (unpaired) electrons. The van der Waals surface area contributed by atoms with Crippen molar-refractivity contribution < 1.29 is 24.1 Å². The molecule has 0 unspecified atom stereocenters. The van der Waals surface area contributed by atoms with Crippen molar-refractivity contribution >= 4 is 34.8 Å². The van der Waals surface area contributed by atoms with Crippen LogP contribution in [0.3, 0.4) is 0 Å². The van der Waals surface area contributed by atoms with Crippen molar-refractivity contribution in [2.45, 2.75) is 31.5 Å². The van der Waals surface area contributed by atoms with E-state index in [1.54, 1.807) is 24.3 Å². The lowest BCUT2D eigenvalue weighted by Gasteiger charge is -2.27. The van der Waals surface area contributed by atoms with Crippen LogP contribution in [0.25, 0.3) is 0 Å². The minimum Gasteiger partial charge on any atom is -0.491 e. The quantitative estimate of drug-likeness (QED) is 0.484. The Morgan fingerprint density at radius 2 is 1.48 bits per heavy atom. The molecule has 0 fully saturated rings. The fourth-order valence-corrected chi connectivity index (χ4v) is 3.34. The zero-order valence-corrected chi connectivity index (χ0v) is 18.4. The first kappa shape index (κ1) is 24.0. The van der Waals surface area contributed by atoms with Gasteiger partial charge in [0.05, 0.1) is 15.9 Å². The maximum Gasteiger partial charge on any atom is 0.156 e. The molecule has 0 spiro atoms. The highest BCUT2D eigenvalue weighted by atomic mass is 35.5. The molecule has 2 rings (SSSR count). The Balaban J connectivity index is 2.19. The van der Waals surface area contributed by atoms with E-state index in [0.29, 0.717) is 21.5 Å². The SMILES string of the molecule is CC(C)(c1ccc(OC[C@@H](O)CF)cc1)c1cc(Cl)c(OC[C@H](O)CCl)c(Cl)c1. The average Bonchev–Trinajstić information content (AvgIpc) is 2.71. The maximum atomic E-state index is 12.3. The van der Waals surface area contributed by atoms with E-state index in [9.17, 15) is 14.6 Å². The molecule has 160 valence electrons. The van der Waals surface area contributed by atoms with Crippen molar-refractivity contribution in [3.8, 4) is 11.5 Å². The van der Waals surface area contributed by atoms with Crippen molar-refractivity contribution in [1.82, 2.24) is 0 Å². The van der Waals surface area contributed by atoms with Crippen LogP contribution < -0.4 is 9.47 Å². The first-order chi connectivity index (χ1) is 13.7. The number of hydrogen-bond acceptors (Lipinski definition) is 4. The predicted molar refractivity (Wildman–Crippen MR) is 115 cm³/mol. The van der Waals surface area contributed by atoms with Crippen LogP contribution in [0.1, 0.15) is 25.0 Å². The lowest BCUT2D eigenvalue weighted by atomic mass is 9.78. The summed E-state index contributed by atoms with van der Waals surface area (Å²) in [5.74, 6) is 0.884. The van der Waals surface area contributed by atoms with Gasteiger partial charge in [-0.05, 0) is 35.4 Å². The second-order valence-corrected chi connectivity index (χ2v) is 8.28. The van der Waals surface area contributed by atoms with Crippen LogP contribution >= 0.6 is 34.8 Å². The molecule has 4 nitrogen and oxygen atoms in total. The largest absolute Gasteiger partial charge is 0.491 e. The summed E-state index contributed by atoms with van der Waals surface area (Å²) < 4.78 is 23.2. The van der Waals surface area contributed by atoms with Crippen LogP contribution in [0, 0.1) is 0 Å². The van der Waals surface area contributed by atoms with Crippen molar-refractivity contribution in [2.24, 2.45) is 0 Å². The van der Waals surface area contributed by atoms with Crippen LogP contribution in [0.15, 0.2) is 36.4 Å². The van der Waals surface area contributed by atoms with E-state index in [1.165, 1.54) is 0 Å². The van der Waals surface area contributed by atoms with Gasteiger partial charge in [0, 0.05) is 5.41 Å². The third-order valence-corrected chi connectivity index (χ3v) is 5.43. The molecule has 29 heavy (non-hydrogen) atoms. The first-order valence-corrected chi connectivity index (χ1v) is 10.3. The highest BCUT2D eigenvalue weighted by Gasteiger charge is 2.26. The van der Waals surface area contributed by atoms with Crippen molar-refractivity contribution in [1.29, 1.82) is 0 Å². The summed E-state index contributed by atoms with van der Waals surface area (Å²) >= 11 is 18.3. The van der Waals surface area contributed by atoms with Gasteiger partial charge in [0.15, 0.2) is 5.75 Å². The van der Waals surface area contributed by atoms with E-state index >= 15 is 0 Å². The molecule has 0 aliphatic rings. The molecule has 0 aliphatic heterocycles. The zero-order valence-electron chi connectivity index (χ0n) is 16.2. The summed E-state index contributed by atoms with van der Waals surface area (Å²) in [6.45, 7) is 3.08. The second-order valence-electron chi connectivity index (χ2n) is 7.16. The molecular weight excluding hydrogens is 442 g/mol.